The smallest absolute Gasteiger partial charge is 0.160 e. The molecule has 1 aromatic carbocycles. The number of aryl methyl sites for hydroxylation is 3. The molecule has 3 aromatic rings. The van der Waals surface area contributed by atoms with Crippen LogP contribution in [0.15, 0.2) is 53.7 Å². The van der Waals surface area contributed by atoms with Crippen LogP contribution >= 0.6 is 11.8 Å². The molecule has 0 unspecified atom stereocenters. The van der Waals surface area contributed by atoms with Gasteiger partial charge >= 0.3 is 0 Å². The zero-order valence-electron chi connectivity index (χ0n) is 19.0. The van der Waals surface area contributed by atoms with Crippen LogP contribution in [0.25, 0.3) is 5.69 Å². The Morgan fingerprint density at radius 3 is 2.48 bits per heavy atom. The first-order chi connectivity index (χ1) is 15.0. The number of rotatable bonds is 4. The van der Waals surface area contributed by atoms with Crippen molar-refractivity contribution in [2.24, 2.45) is 4.99 Å². The van der Waals surface area contributed by atoms with E-state index in [0.29, 0.717) is 6.04 Å². The van der Waals surface area contributed by atoms with Crippen LogP contribution in [0.1, 0.15) is 59.2 Å². The van der Waals surface area contributed by atoms with Gasteiger partial charge in [-0.1, -0.05) is 30.8 Å². The summed E-state index contributed by atoms with van der Waals surface area (Å²) < 4.78 is 2.41. The van der Waals surface area contributed by atoms with Crippen LogP contribution in [0.3, 0.4) is 0 Å². The SMILES string of the molecule is CC[C@H]1CSC2=N[C@@H](c3ccccn3)[C@@H](c3cc(C)n(-c4cc(C)cc(C)c4)c3C)N21. The minimum atomic E-state index is 0.0336. The van der Waals surface area contributed by atoms with Gasteiger partial charge in [-0.3, -0.25) is 9.98 Å². The number of aromatic nitrogens is 2. The van der Waals surface area contributed by atoms with Crippen molar-refractivity contribution in [1.82, 2.24) is 14.5 Å². The van der Waals surface area contributed by atoms with Crippen molar-refractivity contribution in [3.63, 3.8) is 0 Å². The van der Waals surface area contributed by atoms with Gasteiger partial charge in [0.25, 0.3) is 0 Å². The molecule has 0 bridgehead atoms. The first-order valence-corrected chi connectivity index (χ1v) is 12.1. The average molecular weight is 431 g/mol. The second-order valence-corrected chi connectivity index (χ2v) is 9.83. The second-order valence-electron chi connectivity index (χ2n) is 8.84. The lowest BCUT2D eigenvalue weighted by Crippen LogP contribution is -2.35. The predicted octanol–water partition coefficient (Wildman–Crippen LogP) is 6.09. The molecule has 31 heavy (non-hydrogen) atoms. The molecular formula is C26H30N4S. The van der Waals surface area contributed by atoms with Gasteiger partial charge in [0.2, 0.25) is 0 Å². The molecule has 0 saturated carbocycles. The Morgan fingerprint density at radius 2 is 1.81 bits per heavy atom. The van der Waals surface area contributed by atoms with E-state index in [1.807, 2.05) is 24.0 Å². The van der Waals surface area contributed by atoms with Crippen LogP contribution in [0, 0.1) is 27.7 Å². The van der Waals surface area contributed by atoms with Gasteiger partial charge in [-0.2, -0.15) is 0 Å². The van der Waals surface area contributed by atoms with Crippen molar-refractivity contribution in [2.45, 2.75) is 59.2 Å². The van der Waals surface area contributed by atoms with E-state index in [2.05, 4.69) is 80.5 Å². The molecular weight excluding hydrogens is 400 g/mol. The molecule has 2 aliphatic heterocycles. The molecule has 0 aliphatic carbocycles. The van der Waals surface area contributed by atoms with Crippen molar-refractivity contribution in [2.75, 3.05) is 5.75 Å². The Kier molecular flexibility index (Phi) is 5.17. The molecule has 2 aromatic heterocycles. The quantitative estimate of drug-likeness (QED) is 0.502. The maximum Gasteiger partial charge on any atom is 0.160 e. The Bertz CT molecular complexity index is 1130. The number of nitrogens with zero attached hydrogens (tertiary/aromatic N) is 4. The van der Waals surface area contributed by atoms with Gasteiger partial charge in [0.1, 0.15) is 6.04 Å². The van der Waals surface area contributed by atoms with E-state index in [-0.39, 0.29) is 12.1 Å². The highest BCUT2D eigenvalue weighted by molar-refractivity contribution is 8.14. The molecule has 160 valence electrons. The standard InChI is InChI=1S/C26H30N4S/c1-6-20-15-31-26-28-24(23-9-7-8-10-27-23)25(30(20)26)22-14-18(4)29(19(22)5)21-12-16(2)11-17(3)13-21/h7-14,20,24-25H,6,15H2,1-5H3/t20-,24-,25+/m0/s1. The summed E-state index contributed by atoms with van der Waals surface area (Å²) in [7, 11) is 0. The van der Waals surface area contributed by atoms with E-state index in [4.69, 9.17) is 9.98 Å². The zero-order chi connectivity index (χ0) is 21.7. The Morgan fingerprint density at radius 1 is 1.03 bits per heavy atom. The molecule has 0 N–H and O–H groups in total. The van der Waals surface area contributed by atoms with Gasteiger partial charge in [0, 0.05) is 35.1 Å². The average Bonchev–Trinajstić information content (AvgIpc) is 3.39. The fourth-order valence-electron chi connectivity index (χ4n) is 5.25. The lowest BCUT2D eigenvalue weighted by Gasteiger charge is -2.32. The molecule has 3 atom stereocenters. The minimum absolute atomic E-state index is 0.0336. The zero-order valence-corrected chi connectivity index (χ0v) is 19.8. The highest BCUT2D eigenvalue weighted by Gasteiger charge is 2.46. The van der Waals surface area contributed by atoms with Crippen molar-refractivity contribution in [1.29, 1.82) is 0 Å². The fourth-order valence-corrected chi connectivity index (χ4v) is 6.59. The number of benzene rings is 1. The number of amidine groups is 1. The van der Waals surface area contributed by atoms with Crippen LogP contribution in [0.5, 0.6) is 0 Å². The van der Waals surface area contributed by atoms with Gasteiger partial charge in [0.15, 0.2) is 5.17 Å². The van der Waals surface area contributed by atoms with E-state index in [9.17, 15) is 0 Å². The predicted molar refractivity (Wildman–Crippen MR) is 130 cm³/mol. The van der Waals surface area contributed by atoms with Crippen LogP contribution in [0.2, 0.25) is 0 Å². The molecule has 4 heterocycles. The normalized spacial score (nSPS) is 22.7. The summed E-state index contributed by atoms with van der Waals surface area (Å²) in [5, 5.41) is 1.18. The van der Waals surface area contributed by atoms with Crippen LogP contribution in [-0.2, 0) is 0 Å². The summed E-state index contributed by atoms with van der Waals surface area (Å²) in [6.45, 7) is 11.1. The molecule has 1 saturated heterocycles. The van der Waals surface area contributed by atoms with E-state index >= 15 is 0 Å². The Balaban J connectivity index is 1.65. The summed E-state index contributed by atoms with van der Waals surface area (Å²) >= 11 is 1.90. The van der Waals surface area contributed by atoms with E-state index in [1.165, 1.54) is 38.9 Å². The highest BCUT2D eigenvalue weighted by atomic mass is 32.2. The van der Waals surface area contributed by atoms with Gasteiger partial charge in [-0.25, -0.2) is 0 Å². The maximum absolute atomic E-state index is 5.19. The van der Waals surface area contributed by atoms with Crippen LogP contribution in [-0.4, -0.2) is 31.4 Å². The molecule has 5 heteroatoms. The number of hydrogen-bond acceptors (Lipinski definition) is 4. The van der Waals surface area contributed by atoms with Gasteiger partial charge in [-0.15, -0.1) is 0 Å². The number of thioether (sulfide) groups is 1. The molecule has 2 aliphatic rings. The van der Waals surface area contributed by atoms with Crippen molar-refractivity contribution < 1.29 is 0 Å². The topological polar surface area (TPSA) is 33.4 Å². The summed E-state index contributed by atoms with van der Waals surface area (Å²) in [5.41, 5.74) is 8.83. The molecule has 0 spiro atoms. The highest BCUT2D eigenvalue weighted by Crippen LogP contribution is 2.49. The maximum atomic E-state index is 5.19. The largest absolute Gasteiger partial charge is 0.338 e. The third-order valence-corrected chi connectivity index (χ3v) is 7.71. The molecule has 1 fully saturated rings. The first-order valence-electron chi connectivity index (χ1n) is 11.1. The molecule has 0 amide bonds. The van der Waals surface area contributed by atoms with Crippen LogP contribution in [0.4, 0.5) is 0 Å². The number of fused-ring (bicyclic) bond motifs is 1. The molecule has 4 nitrogen and oxygen atoms in total. The third-order valence-electron chi connectivity index (χ3n) is 6.58. The van der Waals surface area contributed by atoms with Gasteiger partial charge in [0.05, 0.1) is 11.7 Å². The Labute approximate surface area is 189 Å². The Hall–Kier alpha value is -2.53. The first kappa shape index (κ1) is 20.4. The monoisotopic (exact) mass is 430 g/mol. The lowest BCUT2D eigenvalue weighted by molar-refractivity contribution is 0.254. The van der Waals surface area contributed by atoms with Crippen molar-refractivity contribution >= 4 is 16.9 Å². The molecule has 5 rings (SSSR count). The second kappa shape index (κ2) is 7.86. The summed E-state index contributed by atoms with van der Waals surface area (Å²) in [6.07, 6.45) is 3.02. The van der Waals surface area contributed by atoms with Crippen molar-refractivity contribution in [3.05, 3.63) is 82.4 Å². The minimum Gasteiger partial charge on any atom is -0.338 e. The third kappa shape index (κ3) is 3.39. The summed E-state index contributed by atoms with van der Waals surface area (Å²) in [5.74, 6) is 1.12. The van der Waals surface area contributed by atoms with E-state index in [1.54, 1.807) is 0 Å². The molecule has 0 radical (unpaired) electrons. The van der Waals surface area contributed by atoms with Gasteiger partial charge in [-0.05, 0) is 81.1 Å². The number of pyridine rings is 1. The number of aliphatic imine (C=N–C) groups is 1. The summed E-state index contributed by atoms with van der Waals surface area (Å²) in [6, 6.07) is 16.1. The lowest BCUT2D eigenvalue weighted by atomic mass is 9.95. The number of hydrogen-bond donors (Lipinski definition) is 0. The van der Waals surface area contributed by atoms with E-state index < -0.39 is 0 Å². The summed E-state index contributed by atoms with van der Waals surface area (Å²) in [4.78, 5) is 12.5. The van der Waals surface area contributed by atoms with Crippen molar-refractivity contribution in [3.8, 4) is 5.69 Å². The van der Waals surface area contributed by atoms with Gasteiger partial charge < -0.3 is 9.47 Å². The van der Waals surface area contributed by atoms with E-state index in [0.717, 1.165) is 17.9 Å². The van der Waals surface area contributed by atoms with Crippen LogP contribution < -0.4 is 0 Å². The fraction of sp³-hybridized carbons (Fsp3) is 0.385.